The van der Waals surface area contributed by atoms with Crippen molar-refractivity contribution in [3.05, 3.63) is 59.1 Å². The third-order valence-corrected chi connectivity index (χ3v) is 3.82. The molecule has 0 fully saturated rings. The molecule has 1 atom stereocenters. The van der Waals surface area contributed by atoms with Crippen LogP contribution in [0.5, 0.6) is 5.75 Å². The minimum absolute atomic E-state index is 0.132. The van der Waals surface area contributed by atoms with Crippen molar-refractivity contribution in [2.75, 3.05) is 6.54 Å². The fourth-order valence-corrected chi connectivity index (χ4v) is 2.72. The first-order valence-electron chi connectivity index (χ1n) is 6.80. The van der Waals surface area contributed by atoms with Crippen LogP contribution < -0.4 is 4.74 Å². The number of halogens is 1. The number of carbonyl (C=O) groups excluding carboxylic acids is 1. The number of ether oxygens (including phenoxy) is 1. The van der Waals surface area contributed by atoms with Crippen molar-refractivity contribution in [1.82, 2.24) is 9.27 Å². The lowest BCUT2D eigenvalue weighted by Gasteiger charge is -2.25. The molecular formula is C16H17ClN2O2S. The van der Waals surface area contributed by atoms with Gasteiger partial charge in [0.25, 0.3) is 0 Å². The number of hydrogen-bond donors (Lipinski definition) is 0. The minimum atomic E-state index is -0.172. The van der Waals surface area contributed by atoms with E-state index in [0.717, 1.165) is 5.56 Å². The lowest BCUT2D eigenvalue weighted by molar-refractivity contribution is -0.127. The van der Waals surface area contributed by atoms with E-state index in [1.165, 1.54) is 17.6 Å². The van der Waals surface area contributed by atoms with Crippen LogP contribution in [0, 0.1) is 0 Å². The van der Waals surface area contributed by atoms with Crippen molar-refractivity contribution < 1.29 is 9.53 Å². The highest BCUT2D eigenvalue weighted by Crippen LogP contribution is 2.19. The Labute approximate surface area is 139 Å². The normalized spacial score (nSPS) is 11.7. The molecule has 1 amide bonds. The summed E-state index contributed by atoms with van der Waals surface area (Å²) in [4.78, 5) is 13.7. The van der Waals surface area contributed by atoms with Crippen LogP contribution in [-0.4, -0.2) is 27.8 Å². The predicted molar refractivity (Wildman–Crippen MR) is 89.3 cm³/mol. The number of carbonyl (C=O) groups is 1. The molecule has 22 heavy (non-hydrogen) atoms. The molecule has 0 N–H and O–H groups in total. The van der Waals surface area contributed by atoms with Crippen LogP contribution in [0.3, 0.4) is 0 Å². The Morgan fingerprint density at radius 3 is 3.05 bits per heavy atom. The van der Waals surface area contributed by atoms with E-state index in [4.69, 9.17) is 16.3 Å². The summed E-state index contributed by atoms with van der Waals surface area (Å²) < 4.78 is 9.86. The molecule has 0 spiro atoms. The van der Waals surface area contributed by atoms with Gasteiger partial charge in [0.1, 0.15) is 11.9 Å². The van der Waals surface area contributed by atoms with Gasteiger partial charge in [0, 0.05) is 28.7 Å². The highest BCUT2D eigenvalue weighted by Gasteiger charge is 2.16. The van der Waals surface area contributed by atoms with Gasteiger partial charge in [-0.25, -0.2) is 4.37 Å². The molecule has 0 radical (unpaired) electrons. The molecule has 0 aliphatic carbocycles. The summed E-state index contributed by atoms with van der Waals surface area (Å²) in [7, 11) is 0. The molecular weight excluding hydrogens is 320 g/mol. The first-order valence-corrected chi connectivity index (χ1v) is 8.01. The number of benzene rings is 1. The van der Waals surface area contributed by atoms with E-state index in [0.29, 0.717) is 23.9 Å². The third kappa shape index (κ3) is 4.86. The van der Waals surface area contributed by atoms with Crippen LogP contribution in [0.25, 0.3) is 0 Å². The van der Waals surface area contributed by atoms with Gasteiger partial charge in [0.05, 0.1) is 6.54 Å². The molecule has 1 aromatic heterocycles. The van der Waals surface area contributed by atoms with Crippen LogP contribution in [0.4, 0.5) is 0 Å². The Morgan fingerprint density at radius 2 is 2.41 bits per heavy atom. The second-order valence-electron chi connectivity index (χ2n) is 4.84. The molecule has 4 nitrogen and oxygen atoms in total. The molecule has 0 aliphatic rings. The van der Waals surface area contributed by atoms with Gasteiger partial charge in [-0.1, -0.05) is 24.2 Å². The van der Waals surface area contributed by atoms with Gasteiger partial charge in [-0.05, 0) is 42.7 Å². The van der Waals surface area contributed by atoms with Crippen molar-refractivity contribution in [2.24, 2.45) is 0 Å². The fraction of sp³-hybridized carbons (Fsp3) is 0.250. The Kier molecular flexibility index (Phi) is 5.98. The highest BCUT2D eigenvalue weighted by atomic mass is 35.5. The number of amides is 1. The molecule has 0 saturated carbocycles. The van der Waals surface area contributed by atoms with Crippen LogP contribution in [0.1, 0.15) is 12.5 Å². The zero-order valence-corrected chi connectivity index (χ0v) is 13.8. The van der Waals surface area contributed by atoms with Gasteiger partial charge in [0.2, 0.25) is 5.91 Å². The van der Waals surface area contributed by atoms with E-state index in [-0.39, 0.29) is 12.0 Å². The quantitative estimate of drug-likeness (QED) is 0.723. The van der Waals surface area contributed by atoms with E-state index in [2.05, 4.69) is 11.0 Å². The van der Waals surface area contributed by atoms with Gasteiger partial charge >= 0.3 is 0 Å². The molecule has 1 aromatic carbocycles. The van der Waals surface area contributed by atoms with Crippen molar-refractivity contribution in [1.29, 1.82) is 0 Å². The van der Waals surface area contributed by atoms with Gasteiger partial charge in [-0.3, -0.25) is 4.79 Å². The van der Waals surface area contributed by atoms with Gasteiger partial charge < -0.3 is 9.64 Å². The maximum absolute atomic E-state index is 12.0. The summed E-state index contributed by atoms with van der Waals surface area (Å²) in [5.41, 5.74) is 0.996. The van der Waals surface area contributed by atoms with Crippen molar-refractivity contribution in [3.8, 4) is 5.75 Å². The largest absolute Gasteiger partial charge is 0.489 e. The second kappa shape index (κ2) is 7.96. The molecule has 1 heterocycles. The van der Waals surface area contributed by atoms with E-state index in [1.807, 2.05) is 24.4 Å². The molecule has 116 valence electrons. The average molecular weight is 337 g/mol. The summed E-state index contributed by atoms with van der Waals surface area (Å²) in [6, 6.07) is 7.20. The maximum Gasteiger partial charge on any atom is 0.246 e. The monoisotopic (exact) mass is 336 g/mol. The zero-order valence-electron chi connectivity index (χ0n) is 12.2. The van der Waals surface area contributed by atoms with E-state index < -0.39 is 0 Å². The fourth-order valence-electron chi connectivity index (χ4n) is 2.01. The first-order chi connectivity index (χ1) is 10.6. The molecule has 6 heteroatoms. The van der Waals surface area contributed by atoms with Gasteiger partial charge in [0.15, 0.2) is 0 Å². The topological polar surface area (TPSA) is 42.4 Å². The number of rotatable bonds is 7. The molecule has 2 aromatic rings. The standard InChI is InChI=1S/C16H17ClN2O2S/c1-3-16(20)19(10-13-8-18-22-11-13)9-12(2)21-15-6-4-5-14(17)7-15/h3-8,11-12H,1,9-10H2,2H3. The zero-order chi connectivity index (χ0) is 15.9. The Bertz CT molecular complexity index is 631. The lowest BCUT2D eigenvalue weighted by atomic mass is 10.2. The number of aromatic nitrogens is 1. The first kappa shape index (κ1) is 16.5. The SMILES string of the molecule is C=CC(=O)N(Cc1cnsc1)CC(C)Oc1cccc(Cl)c1. The summed E-state index contributed by atoms with van der Waals surface area (Å²) in [5, 5.41) is 2.54. The minimum Gasteiger partial charge on any atom is -0.489 e. The Balaban J connectivity index is 1.99. The Morgan fingerprint density at radius 1 is 1.59 bits per heavy atom. The van der Waals surface area contributed by atoms with Gasteiger partial charge in [-0.2, -0.15) is 0 Å². The smallest absolute Gasteiger partial charge is 0.246 e. The van der Waals surface area contributed by atoms with Crippen LogP contribution >= 0.6 is 23.1 Å². The third-order valence-electron chi connectivity index (χ3n) is 2.95. The number of hydrogen-bond acceptors (Lipinski definition) is 4. The van der Waals surface area contributed by atoms with E-state index in [1.54, 1.807) is 23.2 Å². The number of nitrogens with zero attached hydrogens (tertiary/aromatic N) is 2. The highest BCUT2D eigenvalue weighted by molar-refractivity contribution is 7.03. The lowest BCUT2D eigenvalue weighted by Crippen LogP contribution is -2.37. The molecule has 0 bridgehead atoms. The molecule has 2 rings (SSSR count). The van der Waals surface area contributed by atoms with Gasteiger partial charge in [-0.15, -0.1) is 0 Å². The second-order valence-corrected chi connectivity index (χ2v) is 5.94. The Hall–Kier alpha value is -1.85. The van der Waals surface area contributed by atoms with Crippen molar-refractivity contribution in [2.45, 2.75) is 19.6 Å². The maximum atomic E-state index is 12.0. The summed E-state index contributed by atoms with van der Waals surface area (Å²) in [6.45, 7) is 6.41. The summed E-state index contributed by atoms with van der Waals surface area (Å²) in [6.07, 6.45) is 2.90. The molecule has 1 unspecified atom stereocenters. The van der Waals surface area contributed by atoms with Crippen molar-refractivity contribution >= 4 is 29.0 Å². The van der Waals surface area contributed by atoms with E-state index >= 15 is 0 Å². The summed E-state index contributed by atoms with van der Waals surface area (Å²) >= 11 is 7.30. The van der Waals surface area contributed by atoms with Crippen LogP contribution in [-0.2, 0) is 11.3 Å². The summed E-state index contributed by atoms with van der Waals surface area (Å²) in [5.74, 6) is 0.552. The predicted octanol–water partition coefficient (Wildman–Crippen LogP) is 3.78. The van der Waals surface area contributed by atoms with Crippen LogP contribution in [0.2, 0.25) is 5.02 Å². The van der Waals surface area contributed by atoms with Crippen LogP contribution in [0.15, 0.2) is 48.5 Å². The van der Waals surface area contributed by atoms with E-state index in [9.17, 15) is 4.79 Å². The molecule has 0 saturated heterocycles. The average Bonchev–Trinajstić information content (AvgIpc) is 2.98. The van der Waals surface area contributed by atoms with Crippen molar-refractivity contribution in [3.63, 3.8) is 0 Å². The molecule has 0 aliphatic heterocycles.